The van der Waals surface area contributed by atoms with E-state index in [2.05, 4.69) is 26.4 Å². The molecular weight excluding hydrogens is 513 g/mol. The molecule has 0 spiro atoms. The molecule has 1 atom stereocenters. The van der Waals surface area contributed by atoms with Crippen LogP contribution in [0.25, 0.3) is 22.8 Å². The Morgan fingerprint density at radius 2 is 2.00 bits per heavy atom. The lowest BCUT2D eigenvalue weighted by molar-refractivity contribution is 0.108. The molecule has 0 unspecified atom stereocenters. The highest BCUT2D eigenvalue weighted by atomic mass is 35.5. The van der Waals surface area contributed by atoms with Crippen LogP contribution in [0.5, 0.6) is 5.75 Å². The number of halogens is 2. The molecule has 0 saturated heterocycles. The van der Waals surface area contributed by atoms with E-state index in [0.717, 1.165) is 22.6 Å². The number of fused-ring (bicyclic) bond motifs is 1. The van der Waals surface area contributed by atoms with E-state index >= 15 is 0 Å². The fourth-order valence-corrected chi connectivity index (χ4v) is 4.90. The molecule has 37 heavy (non-hydrogen) atoms. The van der Waals surface area contributed by atoms with E-state index in [1.807, 2.05) is 20.0 Å². The molecule has 2 N–H and O–H groups in total. The first-order valence-electron chi connectivity index (χ1n) is 11.8. The first-order valence-corrected chi connectivity index (χ1v) is 12.6. The van der Waals surface area contributed by atoms with Crippen LogP contribution in [0.4, 0.5) is 5.82 Å². The van der Waals surface area contributed by atoms with Gasteiger partial charge in [-0.3, -0.25) is 9.67 Å². The van der Waals surface area contributed by atoms with Gasteiger partial charge in [0.1, 0.15) is 30.0 Å². The summed E-state index contributed by atoms with van der Waals surface area (Å²) in [6.07, 6.45) is 2.77. The minimum Gasteiger partial charge on any atom is -0.491 e. The quantitative estimate of drug-likeness (QED) is 0.346. The van der Waals surface area contributed by atoms with Gasteiger partial charge in [-0.1, -0.05) is 29.3 Å². The summed E-state index contributed by atoms with van der Waals surface area (Å²) < 4.78 is 7.52. The van der Waals surface area contributed by atoms with Crippen LogP contribution in [-0.2, 0) is 20.1 Å². The Morgan fingerprint density at radius 1 is 1.16 bits per heavy atom. The number of aliphatic hydroxyl groups is 1. The van der Waals surface area contributed by atoms with Crippen LogP contribution in [-0.4, -0.2) is 56.1 Å². The van der Waals surface area contributed by atoms with Gasteiger partial charge in [0.2, 0.25) is 0 Å². The number of aliphatic hydroxyl groups excluding tert-OH is 1. The van der Waals surface area contributed by atoms with E-state index in [9.17, 15) is 5.11 Å². The van der Waals surface area contributed by atoms with Crippen molar-refractivity contribution in [3.8, 4) is 28.5 Å². The molecule has 9 nitrogen and oxygen atoms in total. The van der Waals surface area contributed by atoms with Crippen LogP contribution < -0.4 is 15.0 Å². The molecule has 4 heterocycles. The molecular formula is C26H27Cl2N7O2. The average Bonchev–Trinajstić information content (AvgIpc) is 3.46. The standard InChI is InChI=1S/C26H27Cl2N7O2/c1-15-23(24-21(28)11-31-34(24)3)32-25(33-26(15)35-12-16-5-4-8-30-22(16)13-35)19-9-18(6-7-20(19)27)37-14-17(36)10-29-2/h4-9,11,17,29,36H,10,12-14H2,1-3H3/t17-/m1/s1. The van der Waals surface area contributed by atoms with E-state index in [1.54, 1.807) is 42.3 Å². The van der Waals surface area contributed by atoms with Crippen LogP contribution in [0.15, 0.2) is 42.7 Å². The van der Waals surface area contributed by atoms with Gasteiger partial charge >= 0.3 is 0 Å². The average molecular weight is 540 g/mol. The lowest BCUT2D eigenvalue weighted by atomic mass is 10.1. The third kappa shape index (κ3) is 5.13. The minimum absolute atomic E-state index is 0.136. The van der Waals surface area contributed by atoms with Crippen molar-refractivity contribution in [3.63, 3.8) is 0 Å². The lowest BCUT2D eigenvalue weighted by Gasteiger charge is -2.22. The second-order valence-electron chi connectivity index (χ2n) is 8.94. The van der Waals surface area contributed by atoms with Gasteiger partial charge in [0, 0.05) is 37.5 Å². The van der Waals surface area contributed by atoms with Crippen molar-refractivity contribution in [2.24, 2.45) is 7.05 Å². The van der Waals surface area contributed by atoms with Gasteiger partial charge in [-0.25, -0.2) is 9.97 Å². The number of hydrogen-bond donors (Lipinski definition) is 2. The molecule has 0 saturated carbocycles. The highest BCUT2D eigenvalue weighted by Crippen LogP contribution is 2.38. The number of ether oxygens (including phenoxy) is 1. The highest BCUT2D eigenvalue weighted by molar-refractivity contribution is 6.33. The van der Waals surface area contributed by atoms with Gasteiger partial charge in [0.05, 0.1) is 34.2 Å². The van der Waals surface area contributed by atoms with Crippen molar-refractivity contribution in [2.75, 3.05) is 25.1 Å². The van der Waals surface area contributed by atoms with Crippen molar-refractivity contribution in [2.45, 2.75) is 26.1 Å². The summed E-state index contributed by atoms with van der Waals surface area (Å²) in [4.78, 5) is 16.6. The van der Waals surface area contributed by atoms with Crippen LogP contribution in [0.1, 0.15) is 16.8 Å². The van der Waals surface area contributed by atoms with E-state index in [0.29, 0.717) is 58.2 Å². The van der Waals surface area contributed by atoms with Crippen molar-refractivity contribution in [1.29, 1.82) is 0 Å². The van der Waals surface area contributed by atoms with E-state index in [4.69, 9.17) is 37.9 Å². The highest BCUT2D eigenvalue weighted by Gasteiger charge is 2.27. The number of nitrogens with one attached hydrogen (secondary N) is 1. The maximum atomic E-state index is 10.0. The first kappa shape index (κ1) is 25.4. The topological polar surface area (TPSA) is 101 Å². The number of aromatic nitrogens is 5. The Morgan fingerprint density at radius 3 is 2.73 bits per heavy atom. The molecule has 0 aliphatic carbocycles. The number of rotatable bonds is 8. The largest absolute Gasteiger partial charge is 0.491 e. The maximum absolute atomic E-state index is 10.0. The van der Waals surface area contributed by atoms with Crippen molar-refractivity contribution in [3.05, 3.63) is 69.6 Å². The molecule has 1 aliphatic heterocycles. The normalized spacial score (nSPS) is 13.6. The molecule has 192 valence electrons. The van der Waals surface area contributed by atoms with E-state index in [1.165, 1.54) is 0 Å². The summed E-state index contributed by atoms with van der Waals surface area (Å²) in [5.74, 6) is 1.75. The summed E-state index contributed by atoms with van der Waals surface area (Å²) >= 11 is 13.2. The summed E-state index contributed by atoms with van der Waals surface area (Å²) in [7, 11) is 3.60. The zero-order chi connectivity index (χ0) is 26.1. The predicted octanol–water partition coefficient (Wildman–Crippen LogP) is 4.03. The maximum Gasteiger partial charge on any atom is 0.163 e. The Balaban J connectivity index is 1.60. The van der Waals surface area contributed by atoms with Crippen molar-refractivity contribution in [1.82, 2.24) is 30.0 Å². The SMILES string of the molecule is CNC[C@@H](O)COc1ccc(Cl)c(-c2nc(-c3c(Cl)cnn3C)c(C)c(N3Cc4cccnc4C3)n2)c1. The second kappa shape index (κ2) is 10.6. The van der Waals surface area contributed by atoms with Crippen LogP contribution >= 0.6 is 23.2 Å². The molecule has 0 radical (unpaired) electrons. The number of aryl methyl sites for hydroxylation is 1. The summed E-state index contributed by atoms with van der Waals surface area (Å²) in [5.41, 5.74) is 5.03. The zero-order valence-electron chi connectivity index (χ0n) is 20.7. The van der Waals surface area contributed by atoms with Gasteiger partial charge in [-0.05, 0) is 43.8 Å². The van der Waals surface area contributed by atoms with Gasteiger partial charge in [0.15, 0.2) is 5.82 Å². The van der Waals surface area contributed by atoms with Gasteiger partial charge in [0.25, 0.3) is 0 Å². The number of benzene rings is 1. The molecule has 3 aromatic heterocycles. The molecule has 0 bridgehead atoms. The third-order valence-corrected chi connectivity index (χ3v) is 6.89. The summed E-state index contributed by atoms with van der Waals surface area (Å²) in [6.45, 7) is 3.85. The number of hydrogen-bond acceptors (Lipinski definition) is 8. The molecule has 11 heteroatoms. The number of nitrogens with zero attached hydrogens (tertiary/aromatic N) is 6. The summed E-state index contributed by atoms with van der Waals surface area (Å²) in [5, 5.41) is 18.2. The van der Waals surface area contributed by atoms with Gasteiger partial charge in [-0.2, -0.15) is 5.10 Å². The monoisotopic (exact) mass is 539 g/mol. The second-order valence-corrected chi connectivity index (χ2v) is 9.75. The fourth-order valence-electron chi connectivity index (χ4n) is 4.44. The molecule has 1 aliphatic rings. The van der Waals surface area contributed by atoms with Crippen LogP contribution in [0.3, 0.4) is 0 Å². The molecule has 0 fully saturated rings. The number of anilines is 1. The molecule has 4 aromatic rings. The van der Waals surface area contributed by atoms with Gasteiger partial charge < -0.3 is 20.1 Å². The molecule has 1 aromatic carbocycles. The van der Waals surface area contributed by atoms with Crippen molar-refractivity contribution < 1.29 is 9.84 Å². The van der Waals surface area contributed by atoms with E-state index < -0.39 is 6.10 Å². The van der Waals surface area contributed by atoms with E-state index in [-0.39, 0.29) is 6.61 Å². The third-order valence-electron chi connectivity index (χ3n) is 6.29. The zero-order valence-corrected chi connectivity index (χ0v) is 22.3. The molecule has 5 rings (SSSR count). The molecule has 0 amide bonds. The first-order chi connectivity index (χ1) is 17.9. The predicted molar refractivity (Wildman–Crippen MR) is 144 cm³/mol. The number of likely N-dealkylation sites (N-methyl/N-ethyl adjacent to an activating group) is 1. The van der Waals surface area contributed by atoms with Crippen LogP contribution in [0.2, 0.25) is 10.0 Å². The van der Waals surface area contributed by atoms with Gasteiger partial charge in [-0.15, -0.1) is 0 Å². The Bertz CT molecular complexity index is 1400. The Kier molecular flexibility index (Phi) is 7.30. The Hall–Kier alpha value is -3.24. The fraction of sp³-hybridized carbons (Fsp3) is 0.308. The Labute approximate surface area is 225 Å². The smallest absolute Gasteiger partial charge is 0.163 e. The number of pyridine rings is 1. The van der Waals surface area contributed by atoms with Crippen molar-refractivity contribution >= 4 is 29.0 Å². The minimum atomic E-state index is -0.643. The van der Waals surface area contributed by atoms with Crippen LogP contribution in [0, 0.1) is 6.92 Å². The summed E-state index contributed by atoms with van der Waals surface area (Å²) in [6, 6.07) is 9.32. The lowest BCUT2D eigenvalue weighted by Crippen LogP contribution is -2.29.